The normalized spacial score (nSPS) is 14.7. The lowest BCUT2D eigenvalue weighted by molar-refractivity contribution is 0.924. The molecule has 3 rings (SSSR count). The van der Waals surface area contributed by atoms with E-state index >= 15 is 0 Å². The fraction of sp³-hybridized carbons (Fsp3) is 0.333. The molecule has 1 aromatic carbocycles. The van der Waals surface area contributed by atoms with Crippen molar-refractivity contribution in [1.29, 1.82) is 0 Å². The molecule has 1 fully saturated rings. The van der Waals surface area contributed by atoms with Crippen molar-refractivity contribution in [3.8, 4) is 11.3 Å². The van der Waals surface area contributed by atoms with Crippen molar-refractivity contribution in [1.82, 2.24) is 9.97 Å². The third kappa shape index (κ3) is 2.36. The molecule has 2 nitrogen and oxygen atoms in total. The van der Waals surface area contributed by atoms with Crippen molar-refractivity contribution < 1.29 is 0 Å². The molecular formula is C15H16N2S. The van der Waals surface area contributed by atoms with Crippen LogP contribution in [-0.2, 0) is 6.42 Å². The quantitative estimate of drug-likeness (QED) is 0.832. The molecule has 0 bridgehead atoms. The Hall–Kier alpha value is -1.48. The van der Waals surface area contributed by atoms with Crippen molar-refractivity contribution in [2.75, 3.05) is 0 Å². The summed E-state index contributed by atoms with van der Waals surface area (Å²) in [6.07, 6.45) is 3.53. The highest BCUT2D eigenvalue weighted by Crippen LogP contribution is 2.38. The number of benzene rings is 1. The summed E-state index contributed by atoms with van der Waals surface area (Å²) in [4.78, 5) is 7.84. The van der Waals surface area contributed by atoms with Crippen LogP contribution in [0.25, 0.3) is 11.3 Å². The molecule has 2 aromatic rings. The van der Waals surface area contributed by atoms with Gasteiger partial charge in [0.05, 0.1) is 0 Å². The summed E-state index contributed by atoms with van der Waals surface area (Å²) in [6.45, 7) is 2.17. The van der Waals surface area contributed by atoms with Crippen LogP contribution in [0, 0.1) is 4.64 Å². The Morgan fingerprint density at radius 3 is 2.61 bits per heavy atom. The van der Waals surface area contributed by atoms with Crippen LogP contribution in [0.1, 0.15) is 37.1 Å². The lowest BCUT2D eigenvalue weighted by Gasteiger charge is -2.06. The molecule has 3 heteroatoms. The predicted molar refractivity (Wildman–Crippen MR) is 76.2 cm³/mol. The first kappa shape index (κ1) is 11.6. The molecule has 92 valence electrons. The third-order valence-corrected chi connectivity index (χ3v) is 3.61. The first-order valence-electron chi connectivity index (χ1n) is 6.47. The zero-order valence-electron chi connectivity index (χ0n) is 10.4. The van der Waals surface area contributed by atoms with Crippen LogP contribution in [0.4, 0.5) is 0 Å². The molecule has 1 aromatic heterocycles. The SMILES string of the molecule is CCc1ccc(-c2cc(=S)nc(C3CC3)[nH]2)cc1. The van der Waals surface area contributed by atoms with E-state index in [-0.39, 0.29) is 0 Å². The summed E-state index contributed by atoms with van der Waals surface area (Å²) < 4.78 is 0.685. The van der Waals surface area contributed by atoms with Gasteiger partial charge >= 0.3 is 0 Å². The lowest BCUT2D eigenvalue weighted by Crippen LogP contribution is -1.95. The Morgan fingerprint density at radius 2 is 2.00 bits per heavy atom. The highest BCUT2D eigenvalue weighted by molar-refractivity contribution is 7.71. The minimum absolute atomic E-state index is 0.599. The van der Waals surface area contributed by atoms with E-state index < -0.39 is 0 Å². The second-order valence-electron chi connectivity index (χ2n) is 4.84. The van der Waals surface area contributed by atoms with Crippen LogP contribution in [0.2, 0.25) is 0 Å². The van der Waals surface area contributed by atoms with Gasteiger partial charge in [0, 0.05) is 11.6 Å². The number of hydrogen-bond acceptors (Lipinski definition) is 2. The number of nitrogens with zero attached hydrogens (tertiary/aromatic N) is 1. The molecule has 1 aliphatic carbocycles. The zero-order valence-corrected chi connectivity index (χ0v) is 11.3. The van der Waals surface area contributed by atoms with E-state index in [9.17, 15) is 0 Å². The minimum Gasteiger partial charge on any atom is -0.343 e. The maximum Gasteiger partial charge on any atom is 0.130 e. The van der Waals surface area contributed by atoms with Gasteiger partial charge in [-0.2, -0.15) is 0 Å². The van der Waals surface area contributed by atoms with Crippen molar-refractivity contribution in [3.63, 3.8) is 0 Å². The fourth-order valence-electron chi connectivity index (χ4n) is 2.10. The molecule has 1 aliphatic rings. The van der Waals surface area contributed by atoms with Crippen molar-refractivity contribution in [3.05, 3.63) is 46.4 Å². The van der Waals surface area contributed by atoms with Gasteiger partial charge in [0.15, 0.2) is 0 Å². The van der Waals surface area contributed by atoms with E-state index in [4.69, 9.17) is 12.2 Å². The van der Waals surface area contributed by atoms with Gasteiger partial charge in [-0.05, 0) is 36.5 Å². The summed E-state index contributed by atoms with van der Waals surface area (Å²) in [5.41, 5.74) is 3.62. The van der Waals surface area contributed by atoms with Gasteiger partial charge in [0.1, 0.15) is 10.5 Å². The molecule has 0 atom stereocenters. The van der Waals surface area contributed by atoms with E-state index in [2.05, 4.69) is 41.2 Å². The Morgan fingerprint density at radius 1 is 1.28 bits per heavy atom. The van der Waals surface area contributed by atoms with Gasteiger partial charge in [-0.3, -0.25) is 0 Å². The Balaban J connectivity index is 2.01. The number of aromatic nitrogens is 2. The smallest absolute Gasteiger partial charge is 0.130 e. The van der Waals surface area contributed by atoms with Gasteiger partial charge < -0.3 is 4.98 Å². The molecule has 0 aliphatic heterocycles. The number of H-pyrrole nitrogens is 1. The zero-order chi connectivity index (χ0) is 12.5. The summed E-state index contributed by atoms with van der Waals surface area (Å²) in [5, 5.41) is 0. The number of hydrogen-bond donors (Lipinski definition) is 1. The van der Waals surface area contributed by atoms with Crippen LogP contribution < -0.4 is 0 Å². The van der Waals surface area contributed by atoms with Gasteiger partial charge in [-0.25, -0.2) is 4.98 Å². The number of rotatable bonds is 3. The largest absolute Gasteiger partial charge is 0.343 e. The van der Waals surface area contributed by atoms with Gasteiger partial charge in [-0.1, -0.05) is 43.4 Å². The maximum atomic E-state index is 5.25. The lowest BCUT2D eigenvalue weighted by atomic mass is 10.1. The molecule has 0 amide bonds. The van der Waals surface area contributed by atoms with Crippen LogP contribution >= 0.6 is 12.2 Å². The predicted octanol–water partition coefficient (Wildman–Crippen LogP) is 4.25. The highest BCUT2D eigenvalue weighted by Gasteiger charge is 2.26. The monoisotopic (exact) mass is 256 g/mol. The Kier molecular flexibility index (Phi) is 3.00. The molecule has 1 N–H and O–H groups in total. The number of aromatic amines is 1. The summed E-state index contributed by atoms with van der Waals surface area (Å²) in [6, 6.07) is 10.6. The van der Waals surface area contributed by atoms with E-state index in [1.54, 1.807) is 0 Å². The number of aryl methyl sites for hydroxylation is 1. The minimum atomic E-state index is 0.599. The maximum absolute atomic E-state index is 5.25. The van der Waals surface area contributed by atoms with Gasteiger partial charge in [0.2, 0.25) is 0 Å². The molecule has 0 saturated heterocycles. The topological polar surface area (TPSA) is 28.7 Å². The molecule has 18 heavy (non-hydrogen) atoms. The van der Waals surface area contributed by atoms with E-state index in [1.165, 1.54) is 24.0 Å². The molecule has 1 heterocycles. The van der Waals surface area contributed by atoms with Crippen LogP contribution in [0.5, 0.6) is 0 Å². The van der Waals surface area contributed by atoms with E-state index in [0.717, 1.165) is 17.9 Å². The molecule has 0 unspecified atom stereocenters. The summed E-state index contributed by atoms with van der Waals surface area (Å²) >= 11 is 5.25. The van der Waals surface area contributed by atoms with Crippen LogP contribution in [0.3, 0.4) is 0 Å². The van der Waals surface area contributed by atoms with Gasteiger partial charge in [0.25, 0.3) is 0 Å². The molecular weight excluding hydrogens is 240 g/mol. The first-order valence-corrected chi connectivity index (χ1v) is 6.87. The van der Waals surface area contributed by atoms with Crippen molar-refractivity contribution in [2.45, 2.75) is 32.1 Å². The Labute approximate surface area is 112 Å². The standard InChI is InChI=1S/C15H16N2S/c1-2-10-3-5-11(6-4-10)13-9-14(18)17-15(16-13)12-7-8-12/h3-6,9,12H,2,7-8H2,1H3,(H,16,17,18). The summed E-state index contributed by atoms with van der Waals surface area (Å²) in [5.74, 6) is 1.65. The Bertz CT molecular complexity index is 609. The van der Waals surface area contributed by atoms with Crippen molar-refractivity contribution in [2.24, 2.45) is 0 Å². The third-order valence-electron chi connectivity index (χ3n) is 3.40. The van der Waals surface area contributed by atoms with Gasteiger partial charge in [-0.15, -0.1) is 0 Å². The van der Waals surface area contributed by atoms with Crippen molar-refractivity contribution >= 4 is 12.2 Å². The molecule has 1 saturated carbocycles. The molecule has 0 radical (unpaired) electrons. The van der Waals surface area contributed by atoms with E-state index in [1.807, 2.05) is 6.07 Å². The van der Waals surface area contributed by atoms with E-state index in [0.29, 0.717) is 10.6 Å². The van der Waals surface area contributed by atoms with Crippen LogP contribution in [0.15, 0.2) is 30.3 Å². The first-order chi connectivity index (χ1) is 8.76. The fourth-order valence-corrected chi connectivity index (χ4v) is 2.32. The second kappa shape index (κ2) is 4.65. The average molecular weight is 256 g/mol. The average Bonchev–Trinajstić information content (AvgIpc) is 3.22. The highest BCUT2D eigenvalue weighted by atomic mass is 32.1. The van der Waals surface area contributed by atoms with Crippen LogP contribution in [-0.4, -0.2) is 9.97 Å². The summed E-state index contributed by atoms with van der Waals surface area (Å²) in [7, 11) is 0. The number of nitrogens with one attached hydrogen (secondary N) is 1. The second-order valence-corrected chi connectivity index (χ2v) is 5.26. The molecule has 0 spiro atoms.